The number of nitrogens with zero attached hydrogens (tertiary/aromatic N) is 4. The Morgan fingerprint density at radius 2 is 2.30 bits per heavy atom. The lowest BCUT2D eigenvalue weighted by Gasteiger charge is -2.24. The minimum absolute atomic E-state index is 0.592. The van der Waals surface area contributed by atoms with E-state index in [0.29, 0.717) is 6.04 Å². The highest BCUT2D eigenvalue weighted by atomic mass is 32.1. The van der Waals surface area contributed by atoms with Gasteiger partial charge in [0.05, 0.1) is 5.69 Å². The number of hydrogen-bond acceptors (Lipinski definition) is 5. The monoisotopic (exact) mass is 344 g/mol. The number of imidazole rings is 1. The smallest absolute Gasteiger partial charge is 0.124 e. The molecule has 0 aromatic carbocycles. The highest BCUT2D eigenvalue weighted by Crippen LogP contribution is 2.28. The number of rotatable bonds is 5. The van der Waals surface area contributed by atoms with Gasteiger partial charge in [-0.3, -0.25) is 4.90 Å². The Morgan fingerprint density at radius 3 is 3.09 bits per heavy atom. The van der Waals surface area contributed by atoms with Gasteiger partial charge in [0.25, 0.3) is 0 Å². The van der Waals surface area contributed by atoms with Crippen molar-refractivity contribution >= 4 is 22.7 Å². The van der Waals surface area contributed by atoms with Crippen LogP contribution in [-0.2, 0) is 13.1 Å². The fourth-order valence-electron chi connectivity index (χ4n) is 3.24. The van der Waals surface area contributed by atoms with Crippen LogP contribution in [0.25, 0.3) is 10.6 Å². The van der Waals surface area contributed by atoms with Gasteiger partial charge in [-0.05, 0) is 37.8 Å². The van der Waals surface area contributed by atoms with Crippen molar-refractivity contribution < 1.29 is 0 Å². The van der Waals surface area contributed by atoms with Crippen molar-refractivity contribution in [2.45, 2.75) is 38.9 Å². The molecule has 1 fully saturated rings. The third-order valence-corrected chi connectivity index (χ3v) is 6.14. The van der Waals surface area contributed by atoms with Gasteiger partial charge in [-0.15, -0.1) is 11.3 Å². The molecule has 0 bridgehead atoms. The molecule has 3 aromatic rings. The van der Waals surface area contributed by atoms with Gasteiger partial charge in [-0.2, -0.15) is 11.3 Å². The second-order valence-electron chi connectivity index (χ2n) is 6.05. The average molecular weight is 345 g/mol. The Hall–Kier alpha value is -1.50. The fraction of sp³-hybridized carbons (Fsp3) is 0.412. The zero-order chi connectivity index (χ0) is 15.6. The van der Waals surface area contributed by atoms with Crippen LogP contribution in [0.15, 0.2) is 34.6 Å². The van der Waals surface area contributed by atoms with Crippen LogP contribution in [0.2, 0.25) is 0 Å². The Morgan fingerprint density at radius 1 is 1.35 bits per heavy atom. The zero-order valence-electron chi connectivity index (χ0n) is 13.2. The first-order valence-electron chi connectivity index (χ1n) is 7.98. The third-order valence-electron chi connectivity index (χ3n) is 4.52. The number of aromatic nitrogens is 3. The van der Waals surface area contributed by atoms with Gasteiger partial charge in [0.1, 0.15) is 10.8 Å². The topological polar surface area (TPSA) is 34.0 Å². The number of hydrogen-bond donors (Lipinski definition) is 0. The number of thiazole rings is 1. The molecule has 0 aliphatic carbocycles. The van der Waals surface area contributed by atoms with E-state index >= 15 is 0 Å². The Balaban J connectivity index is 1.44. The summed E-state index contributed by atoms with van der Waals surface area (Å²) in [7, 11) is 0. The lowest BCUT2D eigenvalue weighted by atomic mass is 10.2. The standard InChI is InChI=1S/C17H20N4S2/c1-13-18-5-7-20(13)10-16-3-2-6-21(16)9-15-12-23-17(19-15)14-4-8-22-11-14/h4-5,7-8,11-12,16H,2-3,6,9-10H2,1H3. The van der Waals surface area contributed by atoms with Crippen molar-refractivity contribution in [1.82, 2.24) is 19.4 Å². The number of likely N-dealkylation sites (tertiary alicyclic amines) is 1. The van der Waals surface area contributed by atoms with Gasteiger partial charge in [0, 0.05) is 47.8 Å². The fourth-order valence-corrected chi connectivity index (χ4v) is 4.76. The van der Waals surface area contributed by atoms with Crippen molar-refractivity contribution in [1.29, 1.82) is 0 Å². The molecule has 1 aliphatic heterocycles. The normalized spacial score (nSPS) is 18.7. The quantitative estimate of drug-likeness (QED) is 0.700. The van der Waals surface area contributed by atoms with E-state index in [4.69, 9.17) is 4.98 Å². The van der Waals surface area contributed by atoms with Crippen molar-refractivity contribution in [3.63, 3.8) is 0 Å². The van der Waals surface area contributed by atoms with Gasteiger partial charge in [-0.1, -0.05) is 0 Å². The maximum atomic E-state index is 4.83. The lowest BCUT2D eigenvalue weighted by molar-refractivity contribution is 0.221. The van der Waals surface area contributed by atoms with Gasteiger partial charge < -0.3 is 4.57 Å². The molecule has 1 unspecified atom stereocenters. The van der Waals surface area contributed by atoms with Crippen LogP contribution in [0.3, 0.4) is 0 Å². The highest BCUT2D eigenvalue weighted by Gasteiger charge is 2.25. The van der Waals surface area contributed by atoms with Crippen molar-refractivity contribution in [3.05, 3.63) is 46.1 Å². The van der Waals surface area contributed by atoms with Crippen LogP contribution in [-0.4, -0.2) is 32.0 Å². The molecule has 0 saturated carbocycles. The summed E-state index contributed by atoms with van der Waals surface area (Å²) in [6, 6.07) is 2.74. The molecule has 4 heterocycles. The van der Waals surface area contributed by atoms with Gasteiger partial charge >= 0.3 is 0 Å². The summed E-state index contributed by atoms with van der Waals surface area (Å²) in [6.45, 7) is 5.24. The average Bonchev–Trinajstić information content (AvgIpc) is 3.31. The van der Waals surface area contributed by atoms with Crippen LogP contribution >= 0.6 is 22.7 Å². The molecule has 0 spiro atoms. The minimum Gasteiger partial charge on any atom is -0.334 e. The van der Waals surface area contributed by atoms with Crippen LogP contribution in [0.1, 0.15) is 24.4 Å². The zero-order valence-corrected chi connectivity index (χ0v) is 14.8. The highest BCUT2D eigenvalue weighted by molar-refractivity contribution is 7.14. The minimum atomic E-state index is 0.592. The molecule has 23 heavy (non-hydrogen) atoms. The van der Waals surface area contributed by atoms with E-state index in [1.807, 2.05) is 6.20 Å². The van der Waals surface area contributed by atoms with E-state index in [-0.39, 0.29) is 0 Å². The van der Waals surface area contributed by atoms with Gasteiger partial charge in [0.2, 0.25) is 0 Å². The van der Waals surface area contributed by atoms with E-state index in [0.717, 1.165) is 23.9 Å². The Kier molecular flexibility index (Phi) is 4.29. The predicted molar refractivity (Wildman–Crippen MR) is 95.8 cm³/mol. The maximum absolute atomic E-state index is 4.83. The SMILES string of the molecule is Cc1nccn1CC1CCCN1Cc1csc(-c2ccsc2)n1. The van der Waals surface area contributed by atoms with Crippen LogP contribution in [0.4, 0.5) is 0 Å². The molecule has 1 aliphatic rings. The summed E-state index contributed by atoms with van der Waals surface area (Å²) in [5.41, 5.74) is 2.45. The maximum Gasteiger partial charge on any atom is 0.124 e. The van der Waals surface area contributed by atoms with E-state index in [1.54, 1.807) is 22.7 Å². The molecule has 0 amide bonds. The first kappa shape index (κ1) is 15.1. The molecule has 6 heteroatoms. The summed E-state index contributed by atoms with van der Waals surface area (Å²) in [4.78, 5) is 11.7. The van der Waals surface area contributed by atoms with Crippen LogP contribution < -0.4 is 0 Å². The molecule has 4 nitrogen and oxygen atoms in total. The summed E-state index contributed by atoms with van der Waals surface area (Å²) in [5.74, 6) is 1.10. The van der Waals surface area contributed by atoms with Crippen LogP contribution in [0.5, 0.6) is 0 Å². The van der Waals surface area contributed by atoms with Crippen molar-refractivity contribution in [2.24, 2.45) is 0 Å². The van der Waals surface area contributed by atoms with Crippen LogP contribution in [0, 0.1) is 6.92 Å². The van der Waals surface area contributed by atoms with Gasteiger partial charge in [-0.25, -0.2) is 9.97 Å². The molecule has 0 radical (unpaired) electrons. The van der Waals surface area contributed by atoms with Crippen molar-refractivity contribution in [3.8, 4) is 10.6 Å². The molecular weight excluding hydrogens is 324 g/mol. The van der Waals surface area contributed by atoms with E-state index < -0.39 is 0 Å². The van der Waals surface area contributed by atoms with E-state index in [1.165, 1.54) is 30.6 Å². The third kappa shape index (κ3) is 3.24. The molecule has 3 aromatic heterocycles. The lowest BCUT2D eigenvalue weighted by Crippen LogP contribution is -2.32. The summed E-state index contributed by atoms with van der Waals surface area (Å²) >= 11 is 3.48. The van der Waals surface area contributed by atoms with Crippen molar-refractivity contribution in [2.75, 3.05) is 6.54 Å². The Labute approximate surface area is 144 Å². The number of aryl methyl sites for hydroxylation is 1. The summed E-state index contributed by atoms with van der Waals surface area (Å²) in [5, 5.41) is 7.64. The molecule has 1 saturated heterocycles. The summed E-state index contributed by atoms with van der Waals surface area (Å²) < 4.78 is 2.26. The molecule has 120 valence electrons. The largest absolute Gasteiger partial charge is 0.334 e. The molecular formula is C17H20N4S2. The molecule has 1 atom stereocenters. The van der Waals surface area contributed by atoms with E-state index in [9.17, 15) is 0 Å². The first-order valence-corrected chi connectivity index (χ1v) is 9.80. The Bertz CT molecular complexity index is 759. The molecule has 4 rings (SSSR count). The van der Waals surface area contributed by atoms with Gasteiger partial charge in [0.15, 0.2) is 0 Å². The van der Waals surface area contributed by atoms with E-state index in [2.05, 4.69) is 49.8 Å². The predicted octanol–water partition coefficient (Wildman–Crippen LogP) is 4.04. The summed E-state index contributed by atoms with van der Waals surface area (Å²) in [6.07, 6.45) is 6.52. The number of thiophene rings is 1. The molecule has 0 N–H and O–H groups in total. The second-order valence-corrected chi connectivity index (χ2v) is 7.69. The first-order chi connectivity index (χ1) is 11.3. The second kappa shape index (κ2) is 6.55.